The van der Waals surface area contributed by atoms with Gasteiger partial charge in [-0.05, 0) is 63.2 Å². The van der Waals surface area contributed by atoms with Gasteiger partial charge in [-0.3, -0.25) is 9.59 Å². The highest BCUT2D eigenvalue weighted by atomic mass is 16.2. The lowest BCUT2D eigenvalue weighted by molar-refractivity contribution is -0.123. The lowest BCUT2D eigenvalue weighted by Crippen LogP contribution is -2.25. The molecule has 0 spiro atoms. The normalized spacial score (nSPS) is 26.7. The number of rotatable bonds is 7. The molecule has 0 radical (unpaired) electrons. The zero-order valence-electron chi connectivity index (χ0n) is 16.4. The van der Waals surface area contributed by atoms with Crippen LogP contribution in [-0.2, 0) is 9.59 Å². The van der Waals surface area contributed by atoms with E-state index in [4.69, 9.17) is 0 Å². The highest BCUT2D eigenvalue weighted by molar-refractivity contribution is 5.89. The summed E-state index contributed by atoms with van der Waals surface area (Å²) < 4.78 is 0. The monoisotopic (exact) mass is 362 g/mol. The van der Waals surface area contributed by atoms with E-state index >= 15 is 0 Å². The van der Waals surface area contributed by atoms with Crippen molar-refractivity contribution in [2.75, 3.05) is 0 Å². The highest BCUT2D eigenvalue weighted by Gasteiger charge is 2.17. The Bertz CT molecular complexity index is 494. The molecule has 0 bridgehead atoms. The third-order valence-electron chi connectivity index (χ3n) is 5.48. The van der Waals surface area contributed by atoms with Crippen LogP contribution >= 0.6 is 0 Å². The molecule has 0 aromatic rings. The molecule has 146 valence electrons. The van der Waals surface area contributed by atoms with Gasteiger partial charge in [0.25, 0.3) is 0 Å². The highest BCUT2D eigenvalue weighted by Crippen LogP contribution is 2.21. The molecule has 2 aliphatic rings. The van der Waals surface area contributed by atoms with E-state index in [1.165, 1.54) is 12.8 Å². The van der Waals surface area contributed by atoms with Crippen molar-refractivity contribution in [3.05, 3.63) is 0 Å². The van der Waals surface area contributed by atoms with Crippen LogP contribution in [0.25, 0.3) is 0 Å². The Morgan fingerprint density at radius 3 is 1.62 bits per heavy atom. The zero-order valence-corrected chi connectivity index (χ0v) is 16.4. The first-order valence-electron chi connectivity index (χ1n) is 10.3. The summed E-state index contributed by atoms with van der Waals surface area (Å²) in [6, 6.07) is 0. The van der Waals surface area contributed by atoms with Crippen molar-refractivity contribution in [3.63, 3.8) is 0 Å². The average Bonchev–Trinajstić information content (AvgIpc) is 2.64. The van der Waals surface area contributed by atoms with Crippen molar-refractivity contribution < 1.29 is 9.59 Å². The molecule has 2 unspecified atom stereocenters. The minimum absolute atomic E-state index is 0.0630. The fraction of sp³-hybridized carbons (Fsp3) is 0.800. The lowest BCUT2D eigenvalue weighted by Gasteiger charge is -2.19. The average molecular weight is 363 g/mol. The summed E-state index contributed by atoms with van der Waals surface area (Å²) in [7, 11) is 0. The quantitative estimate of drug-likeness (QED) is 0.531. The first-order chi connectivity index (χ1) is 12.6. The molecule has 2 rings (SSSR count). The summed E-state index contributed by atoms with van der Waals surface area (Å²) in [5.41, 5.74) is 7.56. The van der Waals surface area contributed by atoms with Crippen LogP contribution in [0, 0.1) is 11.8 Å². The predicted octanol–water partition coefficient (Wildman–Crippen LogP) is 3.91. The van der Waals surface area contributed by atoms with Crippen LogP contribution < -0.4 is 10.9 Å². The molecular weight excluding hydrogens is 328 g/mol. The molecule has 6 heteroatoms. The van der Waals surface area contributed by atoms with Crippen LogP contribution in [0.2, 0.25) is 0 Å². The minimum Gasteiger partial charge on any atom is -0.273 e. The Morgan fingerprint density at radius 2 is 1.23 bits per heavy atom. The molecule has 2 atom stereocenters. The first kappa shape index (κ1) is 20.6. The molecule has 0 heterocycles. The Hall–Kier alpha value is -1.72. The number of carbonyl (C=O) groups excluding carboxylic acids is 2. The summed E-state index contributed by atoms with van der Waals surface area (Å²) >= 11 is 0. The maximum atomic E-state index is 11.9. The number of hydrogen-bond acceptors (Lipinski definition) is 4. The van der Waals surface area contributed by atoms with E-state index in [0.717, 1.165) is 49.9 Å². The number of unbranched alkanes of at least 4 members (excludes halogenated alkanes) is 1. The van der Waals surface area contributed by atoms with Crippen molar-refractivity contribution in [2.24, 2.45) is 22.0 Å². The number of hydrogen-bond donors (Lipinski definition) is 2. The Kier molecular flexibility index (Phi) is 8.78. The molecule has 0 aromatic heterocycles. The second kappa shape index (κ2) is 11.1. The maximum absolute atomic E-state index is 11.9. The smallest absolute Gasteiger partial charge is 0.240 e. The van der Waals surface area contributed by atoms with Gasteiger partial charge in [0.1, 0.15) is 0 Å². The van der Waals surface area contributed by atoms with Crippen molar-refractivity contribution in [1.29, 1.82) is 0 Å². The van der Waals surface area contributed by atoms with Gasteiger partial charge in [-0.25, -0.2) is 10.9 Å². The van der Waals surface area contributed by atoms with Gasteiger partial charge in [-0.15, -0.1) is 0 Å². The number of amides is 2. The first-order valence-corrected chi connectivity index (χ1v) is 10.3. The molecule has 0 saturated heterocycles. The molecule has 0 aromatic carbocycles. The number of nitrogens with one attached hydrogen (secondary N) is 2. The predicted molar refractivity (Wildman–Crippen MR) is 105 cm³/mol. The van der Waals surface area contributed by atoms with Gasteiger partial charge in [0.15, 0.2) is 0 Å². The molecule has 2 saturated carbocycles. The Morgan fingerprint density at radius 1 is 0.808 bits per heavy atom. The molecule has 2 N–H and O–H groups in total. The van der Waals surface area contributed by atoms with Crippen LogP contribution in [0.5, 0.6) is 0 Å². The molecule has 26 heavy (non-hydrogen) atoms. The van der Waals surface area contributed by atoms with E-state index in [2.05, 4.69) is 34.9 Å². The van der Waals surface area contributed by atoms with Crippen molar-refractivity contribution in [2.45, 2.75) is 90.9 Å². The van der Waals surface area contributed by atoms with Gasteiger partial charge in [-0.2, -0.15) is 10.2 Å². The van der Waals surface area contributed by atoms with Crippen molar-refractivity contribution in [1.82, 2.24) is 10.9 Å². The topological polar surface area (TPSA) is 82.9 Å². The van der Waals surface area contributed by atoms with E-state index in [9.17, 15) is 9.59 Å². The van der Waals surface area contributed by atoms with Crippen LogP contribution in [0.4, 0.5) is 0 Å². The number of hydrazone groups is 2. The fourth-order valence-electron chi connectivity index (χ4n) is 3.62. The van der Waals surface area contributed by atoms with Crippen molar-refractivity contribution >= 4 is 23.2 Å². The maximum Gasteiger partial charge on any atom is 0.240 e. The standard InChI is InChI=1S/C20H34N4O2/c1-15-9-3-5-11-17(15)21-23-19(25)13-7-8-14-20(26)24-22-18-12-6-4-10-16(18)2/h15-16H,3-14H2,1-2H3,(H,23,25)(H,24,26). The summed E-state index contributed by atoms with van der Waals surface area (Å²) in [5, 5.41) is 8.57. The van der Waals surface area contributed by atoms with Gasteiger partial charge >= 0.3 is 0 Å². The second-order valence-electron chi connectivity index (χ2n) is 7.78. The van der Waals surface area contributed by atoms with Crippen LogP contribution in [0.3, 0.4) is 0 Å². The second-order valence-corrected chi connectivity index (χ2v) is 7.78. The SMILES string of the molecule is CC1CCCCC1=NNC(=O)CCCCC(=O)NN=C1CCCCC1C. The number of nitrogens with zero attached hydrogens (tertiary/aromatic N) is 2. The molecule has 2 aliphatic carbocycles. The zero-order chi connectivity index (χ0) is 18.8. The summed E-state index contributed by atoms with van der Waals surface area (Å²) in [4.78, 5) is 23.7. The third kappa shape index (κ3) is 7.26. The number of carbonyl (C=O) groups is 2. The van der Waals surface area contributed by atoms with Gasteiger partial charge in [0.2, 0.25) is 11.8 Å². The molecule has 0 aliphatic heterocycles. The van der Waals surface area contributed by atoms with E-state index in [-0.39, 0.29) is 11.8 Å². The molecule has 2 fully saturated rings. The van der Waals surface area contributed by atoms with Gasteiger partial charge in [0.05, 0.1) is 0 Å². The fourth-order valence-corrected chi connectivity index (χ4v) is 3.62. The van der Waals surface area contributed by atoms with Crippen LogP contribution in [-0.4, -0.2) is 23.2 Å². The largest absolute Gasteiger partial charge is 0.273 e. The Labute approximate surface area is 157 Å². The lowest BCUT2D eigenvalue weighted by atomic mass is 9.89. The Balaban J connectivity index is 1.57. The molecule has 6 nitrogen and oxygen atoms in total. The molecular formula is C20H34N4O2. The van der Waals surface area contributed by atoms with E-state index in [0.29, 0.717) is 37.5 Å². The molecule has 2 amide bonds. The summed E-state index contributed by atoms with van der Waals surface area (Å²) in [5.74, 6) is 0.821. The van der Waals surface area contributed by atoms with Gasteiger partial charge in [0, 0.05) is 24.3 Å². The van der Waals surface area contributed by atoms with Crippen LogP contribution in [0.15, 0.2) is 10.2 Å². The van der Waals surface area contributed by atoms with E-state index < -0.39 is 0 Å². The van der Waals surface area contributed by atoms with Gasteiger partial charge < -0.3 is 0 Å². The summed E-state index contributed by atoms with van der Waals surface area (Å²) in [6.45, 7) is 4.33. The van der Waals surface area contributed by atoms with E-state index in [1.807, 2.05) is 0 Å². The van der Waals surface area contributed by atoms with Crippen molar-refractivity contribution in [3.8, 4) is 0 Å². The van der Waals surface area contributed by atoms with Crippen LogP contribution in [0.1, 0.15) is 90.9 Å². The summed E-state index contributed by atoms with van der Waals surface area (Å²) in [6.07, 6.45) is 11.3. The van der Waals surface area contributed by atoms with Gasteiger partial charge in [-0.1, -0.05) is 26.7 Å². The third-order valence-corrected chi connectivity index (χ3v) is 5.48. The van der Waals surface area contributed by atoms with E-state index in [1.54, 1.807) is 0 Å². The minimum atomic E-state index is -0.0630.